The lowest BCUT2D eigenvalue weighted by molar-refractivity contribution is -0.143. The van der Waals surface area contributed by atoms with E-state index in [0.717, 1.165) is 11.4 Å². The summed E-state index contributed by atoms with van der Waals surface area (Å²) in [5.41, 5.74) is 2.90. The Morgan fingerprint density at radius 2 is 1.66 bits per heavy atom. The molecule has 0 saturated carbocycles. The van der Waals surface area contributed by atoms with E-state index in [2.05, 4.69) is 9.98 Å². The maximum atomic E-state index is 12.0. The Labute approximate surface area is 209 Å². The molecule has 182 valence electrons. The summed E-state index contributed by atoms with van der Waals surface area (Å²) in [6, 6.07) is 14.1. The first-order valence-electron chi connectivity index (χ1n) is 10.5. The fourth-order valence-electron chi connectivity index (χ4n) is 3.49. The Morgan fingerprint density at radius 3 is 2.26 bits per heavy atom. The number of aliphatic imine (C=N–C) groups is 1. The van der Waals surface area contributed by atoms with Crippen LogP contribution < -0.4 is 5.56 Å². The average molecular weight is 518 g/mol. The molecule has 0 amide bonds. The van der Waals surface area contributed by atoms with Crippen LogP contribution in [0.4, 0.5) is 0 Å². The molecule has 2 aromatic carbocycles. The molecule has 0 saturated heterocycles. The SMILES string of the molecule is CCc1cc(=O)nc2n1-c1ccc(Cl)cc1C(c1ccccc1Cl)=NC2O.O=C(O)CCC(=O)O. The van der Waals surface area contributed by atoms with E-state index in [1.165, 1.54) is 6.07 Å². The number of aliphatic carboxylic acids is 2. The average Bonchev–Trinajstić information content (AvgIpc) is 2.92. The van der Waals surface area contributed by atoms with Crippen LogP contribution in [0.3, 0.4) is 0 Å². The van der Waals surface area contributed by atoms with Crippen molar-refractivity contribution in [2.45, 2.75) is 32.4 Å². The van der Waals surface area contributed by atoms with Gasteiger partial charge in [-0.3, -0.25) is 19.0 Å². The molecule has 0 spiro atoms. The highest BCUT2D eigenvalue weighted by molar-refractivity contribution is 6.36. The van der Waals surface area contributed by atoms with Crippen molar-refractivity contribution in [2.75, 3.05) is 0 Å². The first-order valence-corrected chi connectivity index (χ1v) is 11.3. The van der Waals surface area contributed by atoms with Crippen LogP contribution in [0.1, 0.15) is 48.6 Å². The van der Waals surface area contributed by atoms with Crippen LogP contribution in [0, 0.1) is 0 Å². The molecule has 0 bridgehead atoms. The molecule has 9 nitrogen and oxygen atoms in total. The number of carboxylic acid groups (broad SMARTS) is 2. The lowest BCUT2D eigenvalue weighted by atomic mass is 10.00. The molecule has 4 rings (SSSR count). The molecule has 11 heteroatoms. The molecule has 0 radical (unpaired) electrons. The number of nitrogens with zero attached hydrogens (tertiary/aromatic N) is 3. The molecule has 1 aliphatic rings. The summed E-state index contributed by atoms with van der Waals surface area (Å²) in [6.07, 6.45) is -1.33. The molecular formula is C24H21Cl2N3O6. The predicted octanol–water partition coefficient (Wildman–Crippen LogP) is 3.88. The van der Waals surface area contributed by atoms with Gasteiger partial charge in [-0.25, -0.2) is 4.99 Å². The van der Waals surface area contributed by atoms with E-state index in [-0.39, 0.29) is 18.7 Å². The lowest BCUT2D eigenvalue weighted by Crippen LogP contribution is -2.21. The highest BCUT2D eigenvalue weighted by atomic mass is 35.5. The van der Waals surface area contributed by atoms with Gasteiger partial charge in [0.2, 0.25) is 6.23 Å². The number of carbonyl (C=O) groups is 2. The molecule has 1 atom stereocenters. The van der Waals surface area contributed by atoms with Gasteiger partial charge in [-0.15, -0.1) is 0 Å². The smallest absolute Gasteiger partial charge is 0.303 e. The third kappa shape index (κ3) is 6.13. The number of fused-ring (bicyclic) bond motifs is 3. The van der Waals surface area contributed by atoms with Crippen LogP contribution in [0.2, 0.25) is 10.0 Å². The number of aliphatic hydroxyl groups excluding tert-OH is 1. The quantitative estimate of drug-likeness (QED) is 0.465. The van der Waals surface area contributed by atoms with Crippen molar-refractivity contribution in [3.63, 3.8) is 0 Å². The van der Waals surface area contributed by atoms with Crippen LogP contribution in [-0.4, -0.2) is 42.5 Å². The van der Waals surface area contributed by atoms with E-state index in [9.17, 15) is 19.5 Å². The van der Waals surface area contributed by atoms with Gasteiger partial charge in [-0.05, 0) is 30.7 Å². The van der Waals surface area contributed by atoms with Crippen molar-refractivity contribution >= 4 is 40.9 Å². The van der Waals surface area contributed by atoms with E-state index < -0.39 is 23.7 Å². The van der Waals surface area contributed by atoms with E-state index >= 15 is 0 Å². The predicted molar refractivity (Wildman–Crippen MR) is 131 cm³/mol. The summed E-state index contributed by atoms with van der Waals surface area (Å²) < 4.78 is 1.77. The minimum Gasteiger partial charge on any atom is -0.481 e. The van der Waals surface area contributed by atoms with Gasteiger partial charge in [-0.2, -0.15) is 4.98 Å². The highest BCUT2D eigenvalue weighted by Gasteiger charge is 2.27. The van der Waals surface area contributed by atoms with Crippen molar-refractivity contribution < 1.29 is 24.9 Å². The molecule has 0 fully saturated rings. The molecule has 1 unspecified atom stereocenters. The zero-order valence-electron chi connectivity index (χ0n) is 18.5. The Bertz CT molecular complexity index is 1360. The Balaban J connectivity index is 0.000000371. The monoisotopic (exact) mass is 517 g/mol. The summed E-state index contributed by atoms with van der Waals surface area (Å²) >= 11 is 12.7. The summed E-state index contributed by atoms with van der Waals surface area (Å²) in [7, 11) is 0. The summed E-state index contributed by atoms with van der Waals surface area (Å²) in [5.74, 6) is -1.98. The van der Waals surface area contributed by atoms with Gasteiger partial charge in [0.1, 0.15) is 0 Å². The summed E-state index contributed by atoms with van der Waals surface area (Å²) in [5, 5.41) is 27.6. The van der Waals surface area contributed by atoms with Crippen LogP contribution in [-0.2, 0) is 16.0 Å². The van der Waals surface area contributed by atoms with Crippen molar-refractivity contribution in [3.8, 4) is 5.69 Å². The lowest BCUT2D eigenvalue weighted by Gasteiger charge is -2.18. The van der Waals surface area contributed by atoms with E-state index in [1.807, 2.05) is 31.2 Å². The third-order valence-corrected chi connectivity index (χ3v) is 5.58. The second-order valence-corrected chi connectivity index (χ2v) is 8.26. The minimum absolute atomic E-state index is 0.171. The Hall–Kier alpha value is -3.53. The molecule has 3 aromatic rings. The fraction of sp³-hybridized carbons (Fsp3) is 0.208. The molecule has 2 heterocycles. The van der Waals surface area contributed by atoms with Gasteiger partial charge in [0, 0.05) is 32.9 Å². The Kier molecular flexibility index (Phi) is 8.39. The maximum absolute atomic E-state index is 12.0. The zero-order valence-corrected chi connectivity index (χ0v) is 20.0. The number of hydrogen-bond acceptors (Lipinski definition) is 6. The molecular weight excluding hydrogens is 497 g/mol. The third-order valence-electron chi connectivity index (χ3n) is 5.01. The second-order valence-electron chi connectivity index (χ2n) is 7.41. The van der Waals surface area contributed by atoms with Gasteiger partial charge in [-0.1, -0.05) is 48.3 Å². The minimum atomic E-state index is -1.32. The number of halogens is 2. The Morgan fingerprint density at radius 1 is 1.00 bits per heavy atom. The standard InChI is InChI=1S/C20H15Cl2N3O2.C4H6O4/c1-2-12-10-17(26)23-19-20(27)24-18(13-5-3-4-6-15(13)22)14-9-11(21)7-8-16(14)25(12)19;5-3(6)1-2-4(7)8/h3-10,20,27H,2H2,1H3;1-2H2,(H,5,6)(H,7,8). The maximum Gasteiger partial charge on any atom is 0.303 e. The second kappa shape index (κ2) is 11.3. The summed E-state index contributed by atoms with van der Waals surface area (Å²) in [6.45, 7) is 1.94. The van der Waals surface area contributed by atoms with E-state index in [1.54, 1.807) is 22.8 Å². The molecule has 0 aliphatic carbocycles. The molecule has 35 heavy (non-hydrogen) atoms. The molecule has 1 aromatic heterocycles. The zero-order chi connectivity index (χ0) is 25.7. The topological polar surface area (TPSA) is 142 Å². The van der Waals surface area contributed by atoms with Crippen molar-refractivity contribution in [2.24, 2.45) is 4.99 Å². The van der Waals surface area contributed by atoms with E-state index in [0.29, 0.717) is 33.3 Å². The number of aliphatic hydroxyl groups is 1. The van der Waals surface area contributed by atoms with Crippen LogP contribution in [0.25, 0.3) is 5.69 Å². The first-order chi connectivity index (χ1) is 16.6. The van der Waals surface area contributed by atoms with Crippen LogP contribution >= 0.6 is 23.2 Å². The fourth-order valence-corrected chi connectivity index (χ4v) is 3.88. The van der Waals surface area contributed by atoms with Gasteiger partial charge < -0.3 is 15.3 Å². The largest absolute Gasteiger partial charge is 0.481 e. The number of carboxylic acids is 2. The van der Waals surface area contributed by atoms with Gasteiger partial charge in [0.25, 0.3) is 5.56 Å². The van der Waals surface area contributed by atoms with Gasteiger partial charge >= 0.3 is 11.9 Å². The number of hydrogen-bond donors (Lipinski definition) is 3. The number of rotatable bonds is 5. The number of benzene rings is 2. The van der Waals surface area contributed by atoms with Gasteiger partial charge in [0.05, 0.1) is 24.2 Å². The van der Waals surface area contributed by atoms with Crippen molar-refractivity contribution in [1.29, 1.82) is 0 Å². The molecule has 1 aliphatic heterocycles. The van der Waals surface area contributed by atoms with E-state index in [4.69, 9.17) is 33.4 Å². The van der Waals surface area contributed by atoms with Crippen molar-refractivity contribution in [3.05, 3.63) is 91.6 Å². The van der Waals surface area contributed by atoms with Gasteiger partial charge in [0.15, 0.2) is 5.82 Å². The first kappa shape index (κ1) is 26.1. The number of aromatic nitrogens is 2. The number of aryl methyl sites for hydroxylation is 1. The highest BCUT2D eigenvalue weighted by Crippen LogP contribution is 2.32. The summed E-state index contributed by atoms with van der Waals surface area (Å²) in [4.78, 5) is 39.8. The van der Waals surface area contributed by atoms with Crippen LogP contribution in [0.5, 0.6) is 0 Å². The van der Waals surface area contributed by atoms with Crippen LogP contribution in [0.15, 0.2) is 58.3 Å². The van der Waals surface area contributed by atoms with Crippen molar-refractivity contribution in [1.82, 2.24) is 9.55 Å². The molecule has 3 N–H and O–H groups in total. The normalized spacial score (nSPS) is 13.9.